The number of hydrogen-bond donors (Lipinski definition) is 2. The van der Waals surface area contributed by atoms with Crippen LogP contribution in [0.4, 0.5) is 0 Å². The molecule has 0 heterocycles. The van der Waals surface area contributed by atoms with E-state index in [1.807, 2.05) is 24.3 Å². The van der Waals surface area contributed by atoms with Gasteiger partial charge in [-0.2, -0.15) is 0 Å². The van der Waals surface area contributed by atoms with Gasteiger partial charge in [-0.05, 0) is 24.2 Å². The van der Waals surface area contributed by atoms with Crippen molar-refractivity contribution in [3.63, 3.8) is 0 Å². The van der Waals surface area contributed by atoms with E-state index in [0.717, 1.165) is 24.7 Å². The first-order chi connectivity index (χ1) is 8.15. The van der Waals surface area contributed by atoms with Gasteiger partial charge in [0.1, 0.15) is 5.84 Å². The molecule has 0 atom stereocenters. The predicted octanol–water partition coefficient (Wildman–Crippen LogP) is 2.30. The van der Waals surface area contributed by atoms with Crippen LogP contribution in [0.3, 0.4) is 0 Å². The smallest absolute Gasteiger partial charge is 0.140 e. The standard InChI is InChI=1S/C12H18ClN3O/c1-2-16(7-6-12(14)15-17)9-10-4-3-5-11(13)8-10/h3-5,8,17H,2,6-7,9H2,1H3,(H2,14,15). The third-order valence-corrected chi connectivity index (χ3v) is 2.79. The second-order valence-corrected chi connectivity index (χ2v) is 4.28. The van der Waals surface area contributed by atoms with Crippen LogP contribution in [-0.4, -0.2) is 29.0 Å². The van der Waals surface area contributed by atoms with Gasteiger partial charge in [0.2, 0.25) is 0 Å². The zero-order valence-electron chi connectivity index (χ0n) is 9.93. The van der Waals surface area contributed by atoms with Crippen LogP contribution in [0.5, 0.6) is 0 Å². The second kappa shape index (κ2) is 7.14. The lowest BCUT2D eigenvalue weighted by molar-refractivity contribution is 0.283. The minimum absolute atomic E-state index is 0.259. The van der Waals surface area contributed by atoms with E-state index >= 15 is 0 Å². The summed E-state index contributed by atoms with van der Waals surface area (Å²) >= 11 is 5.93. The molecule has 0 bridgehead atoms. The molecule has 0 unspecified atom stereocenters. The van der Waals surface area contributed by atoms with Crippen molar-refractivity contribution in [2.24, 2.45) is 10.9 Å². The van der Waals surface area contributed by atoms with Crippen LogP contribution >= 0.6 is 11.6 Å². The maximum absolute atomic E-state index is 8.47. The van der Waals surface area contributed by atoms with Crippen molar-refractivity contribution < 1.29 is 5.21 Å². The number of oxime groups is 1. The third kappa shape index (κ3) is 5.06. The van der Waals surface area contributed by atoms with Crippen molar-refractivity contribution in [3.05, 3.63) is 34.9 Å². The summed E-state index contributed by atoms with van der Waals surface area (Å²) in [7, 11) is 0. The van der Waals surface area contributed by atoms with Gasteiger partial charge in [-0.3, -0.25) is 4.90 Å². The first-order valence-corrected chi connectivity index (χ1v) is 5.96. The monoisotopic (exact) mass is 255 g/mol. The van der Waals surface area contributed by atoms with Gasteiger partial charge in [0.15, 0.2) is 0 Å². The molecule has 0 saturated heterocycles. The number of benzene rings is 1. The Morgan fingerprint density at radius 1 is 1.53 bits per heavy atom. The van der Waals surface area contributed by atoms with Gasteiger partial charge < -0.3 is 10.9 Å². The molecule has 0 radical (unpaired) electrons. The highest BCUT2D eigenvalue weighted by atomic mass is 35.5. The summed E-state index contributed by atoms with van der Waals surface area (Å²) in [6.07, 6.45) is 0.560. The fourth-order valence-electron chi connectivity index (χ4n) is 1.57. The minimum Gasteiger partial charge on any atom is -0.409 e. The lowest BCUT2D eigenvalue weighted by Gasteiger charge is -2.20. The average molecular weight is 256 g/mol. The van der Waals surface area contributed by atoms with Crippen molar-refractivity contribution in [3.8, 4) is 0 Å². The van der Waals surface area contributed by atoms with Gasteiger partial charge in [0, 0.05) is 24.5 Å². The molecule has 5 heteroatoms. The number of nitrogens with two attached hydrogens (primary N) is 1. The molecule has 1 aromatic carbocycles. The summed E-state index contributed by atoms with van der Waals surface area (Å²) in [4.78, 5) is 2.21. The molecule has 0 amide bonds. The SMILES string of the molecule is CCN(CC/C(N)=N/O)Cc1cccc(Cl)c1. The van der Waals surface area contributed by atoms with E-state index in [2.05, 4.69) is 17.0 Å². The highest BCUT2D eigenvalue weighted by Crippen LogP contribution is 2.12. The average Bonchev–Trinajstić information content (AvgIpc) is 2.34. The molecule has 0 fully saturated rings. The van der Waals surface area contributed by atoms with Gasteiger partial charge in [-0.1, -0.05) is 35.8 Å². The zero-order chi connectivity index (χ0) is 12.7. The van der Waals surface area contributed by atoms with E-state index < -0.39 is 0 Å². The zero-order valence-corrected chi connectivity index (χ0v) is 10.7. The van der Waals surface area contributed by atoms with E-state index in [0.29, 0.717) is 6.42 Å². The van der Waals surface area contributed by atoms with E-state index in [9.17, 15) is 0 Å². The number of nitrogens with zero attached hydrogens (tertiary/aromatic N) is 2. The van der Waals surface area contributed by atoms with E-state index in [1.165, 1.54) is 5.56 Å². The van der Waals surface area contributed by atoms with Crippen molar-refractivity contribution in [1.29, 1.82) is 0 Å². The Morgan fingerprint density at radius 2 is 2.29 bits per heavy atom. The van der Waals surface area contributed by atoms with Crippen molar-refractivity contribution >= 4 is 17.4 Å². The Bertz CT molecular complexity index is 382. The Hall–Kier alpha value is -1.26. The topological polar surface area (TPSA) is 61.8 Å². The number of halogens is 1. The molecule has 4 nitrogen and oxygen atoms in total. The molecule has 0 aliphatic rings. The molecule has 0 aliphatic carbocycles. The van der Waals surface area contributed by atoms with E-state index in [-0.39, 0.29) is 5.84 Å². The molecule has 94 valence electrons. The Kier molecular flexibility index (Phi) is 5.80. The fourth-order valence-corrected chi connectivity index (χ4v) is 1.78. The molecule has 1 aromatic rings. The Morgan fingerprint density at radius 3 is 2.88 bits per heavy atom. The Balaban J connectivity index is 2.52. The van der Waals surface area contributed by atoms with Crippen LogP contribution in [0.25, 0.3) is 0 Å². The molecule has 3 N–H and O–H groups in total. The van der Waals surface area contributed by atoms with Crippen LogP contribution < -0.4 is 5.73 Å². The number of amidine groups is 1. The molecule has 0 spiro atoms. The lowest BCUT2D eigenvalue weighted by atomic mass is 10.2. The molecule has 0 saturated carbocycles. The predicted molar refractivity (Wildman–Crippen MR) is 70.4 cm³/mol. The summed E-state index contributed by atoms with van der Waals surface area (Å²) in [6.45, 7) is 4.57. The van der Waals surface area contributed by atoms with E-state index in [1.54, 1.807) is 0 Å². The Labute approximate surface area is 107 Å². The van der Waals surface area contributed by atoms with Crippen LogP contribution in [-0.2, 0) is 6.54 Å². The molecule has 17 heavy (non-hydrogen) atoms. The normalized spacial score (nSPS) is 12.1. The van der Waals surface area contributed by atoms with Crippen molar-refractivity contribution in [2.75, 3.05) is 13.1 Å². The third-order valence-electron chi connectivity index (χ3n) is 2.56. The van der Waals surface area contributed by atoms with E-state index in [4.69, 9.17) is 22.5 Å². The fraction of sp³-hybridized carbons (Fsp3) is 0.417. The van der Waals surface area contributed by atoms with Crippen molar-refractivity contribution in [2.45, 2.75) is 19.9 Å². The summed E-state index contributed by atoms with van der Waals surface area (Å²) in [5.41, 5.74) is 6.61. The lowest BCUT2D eigenvalue weighted by Crippen LogP contribution is -2.27. The number of rotatable bonds is 6. The van der Waals surface area contributed by atoms with Crippen LogP contribution in [0.15, 0.2) is 29.4 Å². The molecule has 0 aliphatic heterocycles. The van der Waals surface area contributed by atoms with Gasteiger partial charge >= 0.3 is 0 Å². The molecule has 1 rings (SSSR count). The van der Waals surface area contributed by atoms with Gasteiger partial charge in [-0.25, -0.2) is 0 Å². The first kappa shape index (κ1) is 13.8. The van der Waals surface area contributed by atoms with Gasteiger partial charge in [0.05, 0.1) is 0 Å². The van der Waals surface area contributed by atoms with Crippen LogP contribution in [0.1, 0.15) is 18.9 Å². The summed E-state index contributed by atoms with van der Waals surface area (Å²) in [5, 5.41) is 12.2. The maximum Gasteiger partial charge on any atom is 0.140 e. The first-order valence-electron chi connectivity index (χ1n) is 5.59. The van der Waals surface area contributed by atoms with Gasteiger partial charge in [0.25, 0.3) is 0 Å². The molecule has 0 aromatic heterocycles. The minimum atomic E-state index is 0.259. The summed E-state index contributed by atoms with van der Waals surface area (Å²) < 4.78 is 0. The number of hydrogen-bond acceptors (Lipinski definition) is 3. The molecular weight excluding hydrogens is 238 g/mol. The summed E-state index contributed by atoms with van der Waals surface area (Å²) in [6, 6.07) is 7.79. The highest BCUT2D eigenvalue weighted by Gasteiger charge is 2.05. The maximum atomic E-state index is 8.47. The summed E-state index contributed by atoms with van der Waals surface area (Å²) in [5.74, 6) is 0.259. The largest absolute Gasteiger partial charge is 0.409 e. The highest BCUT2D eigenvalue weighted by molar-refractivity contribution is 6.30. The van der Waals surface area contributed by atoms with Gasteiger partial charge in [-0.15, -0.1) is 0 Å². The second-order valence-electron chi connectivity index (χ2n) is 3.84. The van der Waals surface area contributed by atoms with Crippen molar-refractivity contribution in [1.82, 2.24) is 4.90 Å². The van der Waals surface area contributed by atoms with Crippen LogP contribution in [0, 0.1) is 0 Å². The molecular formula is C12H18ClN3O. The van der Waals surface area contributed by atoms with Crippen LogP contribution in [0.2, 0.25) is 5.02 Å². The quantitative estimate of drug-likeness (QED) is 0.355.